The lowest BCUT2D eigenvalue weighted by Gasteiger charge is -2.20. The van der Waals surface area contributed by atoms with Gasteiger partial charge < -0.3 is 10.6 Å². The van der Waals surface area contributed by atoms with Gasteiger partial charge in [0.1, 0.15) is 5.75 Å². The molecule has 0 bridgehead atoms. The fraction of sp³-hybridized carbons (Fsp3) is 0.733. The number of rotatable bonds is 5. The molecule has 1 amide bonds. The Morgan fingerprint density at radius 1 is 1.26 bits per heavy atom. The number of piperidine rings is 1. The highest BCUT2D eigenvalue weighted by molar-refractivity contribution is 7.92. The summed E-state index contributed by atoms with van der Waals surface area (Å²) in [5, 5.41) is 6.15. The van der Waals surface area contributed by atoms with Gasteiger partial charge in [0, 0.05) is 11.1 Å². The molecule has 2 heterocycles. The SMILES string of the molecule is O=C(CS(=O)(=O)C1CCCC1)Nc1ncc(C2CCNCC2)s1. The van der Waals surface area contributed by atoms with Crippen molar-refractivity contribution in [3.05, 3.63) is 11.1 Å². The Balaban J connectivity index is 1.56. The lowest BCUT2D eigenvalue weighted by molar-refractivity contribution is -0.113. The molecule has 0 radical (unpaired) electrons. The van der Waals surface area contributed by atoms with E-state index >= 15 is 0 Å². The molecule has 1 aliphatic heterocycles. The fourth-order valence-electron chi connectivity index (χ4n) is 3.34. The largest absolute Gasteiger partial charge is 0.317 e. The van der Waals surface area contributed by atoms with E-state index in [1.54, 1.807) is 0 Å². The zero-order valence-corrected chi connectivity index (χ0v) is 14.7. The van der Waals surface area contributed by atoms with Gasteiger partial charge in [-0.05, 0) is 44.7 Å². The molecule has 0 atom stereocenters. The summed E-state index contributed by atoms with van der Waals surface area (Å²) in [5.41, 5.74) is 0. The average Bonchev–Trinajstić information content (AvgIpc) is 3.19. The monoisotopic (exact) mass is 357 g/mol. The van der Waals surface area contributed by atoms with Crippen molar-refractivity contribution in [1.29, 1.82) is 0 Å². The minimum atomic E-state index is -3.34. The third-order valence-corrected chi connectivity index (χ3v) is 7.88. The van der Waals surface area contributed by atoms with Crippen molar-refractivity contribution in [2.24, 2.45) is 0 Å². The van der Waals surface area contributed by atoms with E-state index in [1.165, 1.54) is 16.2 Å². The smallest absolute Gasteiger partial charge is 0.241 e. The second kappa shape index (κ2) is 7.27. The van der Waals surface area contributed by atoms with Gasteiger partial charge in [-0.15, -0.1) is 11.3 Å². The number of carbonyl (C=O) groups is 1. The van der Waals surface area contributed by atoms with Crippen LogP contribution in [0.15, 0.2) is 6.20 Å². The van der Waals surface area contributed by atoms with E-state index in [1.807, 2.05) is 6.20 Å². The summed E-state index contributed by atoms with van der Waals surface area (Å²) in [6.07, 6.45) is 7.22. The molecule has 2 aliphatic rings. The summed E-state index contributed by atoms with van der Waals surface area (Å²) in [5.74, 6) is -0.412. The number of nitrogens with zero attached hydrogens (tertiary/aromatic N) is 1. The number of hydrogen-bond acceptors (Lipinski definition) is 6. The first-order chi connectivity index (χ1) is 11.0. The van der Waals surface area contributed by atoms with Gasteiger partial charge in [-0.2, -0.15) is 0 Å². The van der Waals surface area contributed by atoms with Crippen LogP contribution in [-0.4, -0.2) is 43.4 Å². The zero-order valence-electron chi connectivity index (χ0n) is 13.1. The van der Waals surface area contributed by atoms with Crippen LogP contribution in [0.3, 0.4) is 0 Å². The zero-order chi connectivity index (χ0) is 16.3. The van der Waals surface area contributed by atoms with Gasteiger partial charge >= 0.3 is 0 Å². The maximum Gasteiger partial charge on any atom is 0.241 e. The number of sulfone groups is 1. The summed E-state index contributed by atoms with van der Waals surface area (Å²) < 4.78 is 24.4. The maximum absolute atomic E-state index is 12.2. The van der Waals surface area contributed by atoms with E-state index in [-0.39, 0.29) is 5.25 Å². The standard InChI is InChI=1S/C15H23N3O3S2/c19-14(10-23(20,21)12-3-1-2-4-12)18-15-17-9-13(22-15)11-5-7-16-8-6-11/h9,11-12,16H,1-8,10H2,(H,17,18,19). The summed E-state index contributed by atoms with van der Waals surface area (Å²) in [4.78, 5) is 17.4. The third kappa shape index (κ3) is 4.30. The molecular formula is C15H23N3O3S2. The van der Waals surface area contributed by atoms with Gasteiger partial charge in [0.15, 0.2) is 15.0 Å². The first-order valence-corrected chi connectivity index (χ1v) is 10.8. The Hall–Kier alpha value is -0.990. The molecule has 23 heavy (non-hydrogen) atoms. The van der Waals surface area contributed by atoms with E-state index in [2.05, 4.69) is 15.6 Å². The Labute approximate surface area is 141 Å². The van der Waals surface area contributed by atoms with Crippen molar-refractivity contribution in [2.75, 3.05) is 24.2 Å². The quantitative estimate of drug-likeness (QED) is 0.840. The Morgan fingerprint density at radius 3 is 2.65 bits per heavy atom. The molecule has 6 nitrogen and oxygen atoms in total. The highest BCUT2D eigenvalue weighted by Crippen LogP contribution is 2.31. The topological polar surface area (TPSA) is 88.2 Å². The van der Waals surface area contributed by atoms with Gasteiger partial charge in [-0.3, -0.25) is 4.79 Å². The normalized spacial score (nSPS) is 20.7. The molecule has 3 rings (SSSR count). The second-order valence-corrected chi connectivity index (χ2v) is 9.70. The maximum atomic E-state index is 12.2. The van der Waals surface area contributed by atoms with Crippen LogP contribution < -0.4 is 10.6 Å². The summed E-state index contributed by atoms with van der Waals surface area (Å²) in [6.45, 7) is 2.01. The first-order valence-electron chi connectivity index (χ1n) is 8.22. The van der Waals surface area contributed by atoms with Crippen molar-refractivity contribution >= 4 is 32.2 Å². The van der Waals surface area contributed by atoms with Gasteiger partial charge in [-0.25, -0.2) is 13.4 Å². The van der Waals surface area contributed by atoms with Gasteiger partial charge in [0.25, 0.3) is 0 Å². The molecule has 1 saturated heterocycles. The van der Waals surface area contributed by atoms with Crippen molar-refractivity contribution in [2.45, 2.75) is 49.7 Å². The second-order valence-electron chi connectivity index (χ2n) is 6.35. The molecule has 0 aromatic carbocycles. The van der Waals surface area contributed by atoms with E-state index in [0.29, 0.717) is 23.9 Å². The molecule has 1 aromatic heterocycles. The van der Waals surface area contributed by atoms with Crippen LogP contribution in [0.5, 0.6) is 0 Å². The molecule has 2 fully saturated rings. The van der Waals surface area contributed by atoms with E-state index in [9.17, 15) is 13.2 Å². The number of carbonyl (C=O) groups excluding carboxylic acids is 1. The summed E-state index contributed by atoms with van der Waals surface area (Å²) >= 11 is 1.46. The molecular weight excluding hydrogens is 334 g/mol. The van der Waals surface area contributed by atoms with Crippen molar-refractivity contribution in [3.8, 4) is 0 Å². The Morgan fingerprint density at radius 2 is 1.96 bits per heavy atom. The van der Waals surface area contributed by atoms with Crippen LogP contribution in [0.1, 0.15) is 49.3 Å². The van der Waals surface area contributed by atoms with Crippen LogP contribution >= 0.6 is 11.3 Å². The van der Waals surface area contributed by atoms with Gasteiger partial charge in [0.05, 0.1) is 5.25 Å². The van der Waals surface area contributed by atoms with Gasteiger partial charge in [0.2, 0.25) is 5.91 Å². The van der Waals surface area contributed by atoms with E-state index < -0.39 is 21.5 Å². The lowest BCUT2D eigenvalue weighted by Crippen LogP contribution is -2.29. The van der Waals surface area contributed by atoms with Crippen LogP contribution in [0, 0.1) is 0 Å². The number of hydrogen-bond donors (Lipinski definition) is 2. The number of aromatic nitrogens is 1. The Kier molecular flexibility index (Phi) is 5.33. The van der Waals surface area contributed by atoms with Crippen molar-refractivity contribution in [1.82, 2.24) is 10.3 Å². The van der Waals surface area contributed by atoms with Gasteiger partial charge in [-0.1, -0.05) is 12.8 Å². The van der Waals surface area contributed by atoms with Crippen LogP contribution in [0.25, 0.3) is 0 Å². The predicted octanol–water partition coefficient (Wildman–Crippen LogP) is 1.91. The summed E-state index contributed by atoms with van der Waals surface area (Å²) in [7, 11) is -3.34. The summed E-state index contributed by atoms with van der Waals surface area (Å²) in [6, 6.07) is 0. The minimum Gasteiger partial charge on any atom is -0.317 e. The number of anilines is 1. The molecule has 0 spiro atoms. The molecule has 1 aromatic rings. The number of amides is 1. The molecule has 1 saturated carbocycles. The first kappa shape index (κ1) is 16.9. The number of thiazole rings is 1. The average molecular weight is 358 g/mol. The van der Waals surface area contributed by atoms with Crippen LogP contribution in [-0.2, 0) is 14.6 Å². The highest BCUT2D eigenvalue weighted by atomic mass is 32.2. The molecule has 128 valence electrons. The van der Waals surface area contributed by atoms with Crippen LogP contribution in [0.2, 0.25) is 0 Å². The lowest BCUT2D eigenvalue weighted by atomic mass is 9.97. The van der Waals surface area contributed by atoms with E-state index in [0.717, 1.165) is 38.8 Å². The third-order valence-electron chi connectivity index (χ3n) is 4.65. The number of nitrogens with one attached hydrogen (secondary N) is 2. The highest BCUT2D eigenvalue weighted by Gasteiger charge is 2.30. The Bertz CT molecular complexity index is 645. The fourth-order valence-corrected chi connectivity index (χ4v) is 6.07. The molecule has 1 aliphatic carbocycles. The van der Waals surface area contributed by atoms with E-state index in [4.69, 9.17) is 0 Å². The van der Waals surface area contributed by atoms with Crippen molar-refractivity contribution < 1.29 is 13.2 Å². The molecule has 2 N–H and O–H groups in total. The predicted molar refractivity (Wildman–Crippen MR) is 91.6 cm³/mol. The van der Waals surface area contributed by atoms with Crippen molar-refractivity contribution in [3.63, 3.8) is 0 Å². The van der Waals surface area contributed by atoms with Crippen LogP contribution in [0.4, 0.5) is 5.13 Å². The molecule has 0 unspecified atom stereocenters. The minimum absolute atomic E-state index is 0.338. The molecule has 8 heteroatoms.